The molecule has 0 amide bonds. The third kappa shape index (κ3) is 5.25. The van der Waals surface area contributed by atoms with Crippen molar-refractivity contribution in [2.45, 2.75) is 19.8 Å². The first-order chi connectivity index (χ1) is 14.0. The lowest BCUT2D eigenvalue weighted by Crippen LogP contribution is -2.06. The first-order valence-electron chi connectivity index (χ1n) is 9.24. The summed E-state index contributed by atoms with van der Waals surface area (Å²) in [5.41, 5.74) is 2.54. The molecule has 1 heterocycles. The van der Waals surface area contributed by atoms with Gasteiger partial charge in [0.05, 0.1) is 18.6 Å². The number of carbonyl (C=O) groups is 2. The molecule has 6 heteroatoms. The molecule has 0 aliphatic rings. The first-order valence-corrected chi connectivity index (χ1v) is 10.4. The second-order valence-electron chi connectivity index (χ2n) is 6.35. The highest BCUT2D eigenvalue weighted by Gasteiger charge is 2.18. The maximum absolute atomic E-state index is 13.0. The van der Waals surface area contributed by atoms with Crippen molar-refractivity contribution in [1.29, 1.82) is 0 Å². The van der Waals surface area contributed by atoms with Gasteiger partial charge in [-0.15, -0.1) is 11.3 Å². The van der Waals surface area contributed by atoms with Gasteiger partial charge in [0.2, 0.25) is 5.78 Å². The number of benzene rings is 2. The quantitative estimate of drug-likeness (QED) is 0.336. The fraction of sp³-hybridized carbons (Fsp3) is 0.217. The Labute approximate surface area is 179 Å². The zero-order valence-corrected chi connectivity index (χ0v) is 17.8. The van der Waals surface area contributed by atoms with Gasteiger partial charge < -0.3 is 9.47 Å². The van der Waals surface area contributed by atoms with Crippen LogP contribution in [0.3, 0.4) is 0 Å². The van der Waals surface area contributed by atoms with Crippen LogP contribution in [0.15, 0.2) is 54.6 Å². The van der Waals surface area contributed by atoms with Crippen molar-refractivity contribution < 1.29 is 19.1 Å². The van der Waals surface area contributed by atoms with Gasteiger partial charge in [-0.2, -0.15) is 0 Å². The van der Waals surface area contributed by atoms with E-state index in [-0.39, 0.29) is 18.4 Å². The van der Waals surface area contributed by atoms with Crippen molar-refractivity contribution in [3.8, 4) is 16.2 Å². The van der Waals surface area contributed by atoms with Gasteiger partial charge in [-0.05, 0) is 53.6 Å². The van der Waals surface area contributed by atoms with Crippen LogP contribution in [-0.2, 0) is 16.0 Å². The highest BCUT2D eigenvalue weighted by atomic mass is 35.5. The van der Waals surface area contributed by atoms with Crippen molar-refractivity contribution in [2.75, 3.05) is 13.7 Å². The minimum absolute atomic E-state index is 0.0512. The van der Waals surface area contributed by atoms with Crippen LogP contribution in [0.4, 0.5) is 0 Å². The third-order valence-corrected chi connectivity index (χ3v) is 5.89. The van der Waals surface area contributed by atoms with Crippen molar-refractivity contribution in [3.63, 3.8) is 0 Å². The molecule has 0 N–H and O–H groups in total. The van der Waals surface area contributed by atoms with Gasteiger partial charge in [0.1, 0.15) is 5.75 Å². The monoisotopic (exact) mass is 428 g/mol. The van der Waals surface area contributed by atoms with Crippen LogP contribution in [0.5, 0.6) is 5.75 Å². The second-order valence-corrected chi connectivity index (χ2v) is 7.84. The molecule has 0 unspecified atom stereocenters. The van der Waals surface area contributed by atoms with Crippen molar-refractivity contribution in [2.24, 2.45) is 0 Å². The minimum atomic E-state index is -0.234. The summed E-state index contributed by atoms with van der Waals surface area (Å²) in [5, 5.41) is 0.651. The average molecular weight is 429 g/mol. The van der Waals surface area contributed by atoms with E-state index in [2.05, 4.69) is 0 Å². The van der Waals surface area contributed by atoms with E-state index in [0.717, 1.165) is 16.0 Å². The number of carbonyl (C=O) groups excluding carboxylic acids is 2. The molecule has 3 rings (SSSR count). The second kappa shape index (κ2) is 9.72. The Morgan fingerprint density at radius 1 is 1.03 bits per heavy atom. The summed E-state index contributed by atoms with van der Waals surface area (Å²) in [6.07, 6.45) is 0.880. The fourth-order valence-electron chi connectivity index (χ4n) is 2.83. The molecule has 150 valence electrons. The summed E-state index contributed by atoms with van der Waals surface area (Å²) in [7, 11) is 1.59. The fourth-order valence-corrected chi connectivity index (χ4v) is 4.14. The molecule has 0 saturated heterocycles. The van der Waals surface area contributed by atoms with Gasteiger partial charge in [-0.3, -0.25) is 9.59 Å². The lowest BCUT2D eigenvalue weighted by molar-refractivity contribution is -0.143. The molecule has 1 aromatic heterocycles. The Bertz CT molecular complexity index is 991. The van der Waals surface area contributed by atoms with Crippen LogP contribution in [-0.4, -0.2) is 25.5 Å². The maximum atomic E-state index is 13.0. The minimum Gasteiger partial charge on any atom is -0.497 e. The Hall–Kier alpha value is -2.63. The maximum Gasteiger partial charge on any atom is 0.305 e. The number of esters is 1. The molecule has 0 atom stereocenters. The van der Waals surface area contributed by atoms with E-state index in [1.165, 1.54) is 11.3 Å². The number of hydrogen-bond acceptors (Lipinski definition) is 5. The number of ether oxygens (including phenoxy) is 2. The molecule has 2 aromatic carbocycles. The van der Waals surface area contributed by atoms with Crippen LogP contribution in [0.2, 0.25) is 5.02 Å². The predicted octanol–water partition coefficient (Wildman–Crippen LogP) is 5.80. The Balaban J connectivity index is 1.90. The lowest BCUT2D eigenvalue weighted by Gasteiger charge is -2.05. The van der Waals surface area contributed by atoms with Crippen molar-refractivity contribution in [1.82, 2.24) is 0 Å². The van der Waals surface area contributed by atoms with E-state index in [9.17, 15) is 9.59 Å². The molecule has 0 saturated carbocycles. The van der Waals surface area contributed by atoms with Crippen molar-refractivity contribution >= 4 is 34.7 Å². The molecular formula is C23H21ClO4S. The van der Waals surface area contributed by atoms with E-state index in [1.54, 1.807) is 38.3 Å². The van der Waals surface area contributed by atoms with Crippen LogP contribution in [0, 0.1) is 0 Å². The zero-order chi connectivity index (χ0) is 20.8. The Morgan fingerprint density at radius 2 is 1.72 bits per heavy atom. The number of rotatable bonds is 8. The smallest absolute Gasteiger partial charge is 0.305 e. The molecule has 3 aromatic rings. The predicted molar refractivity (Wildman–Crippen MR) is 116 cm³/mol. The number of halogens is 1. The van der Waals surface area contributed by atoms with Crippen molar-refractivity contribution in [3.05, 3.63) is 75.6 Å². The summed E-state index contributed by atoms with van der Waals surface area (Å²) in [4.78, 5) is 26.0. The summed E-state index contributed by atoms with van der Waals surface area (Å²) >= 11 is 7.45. The van der Waals surface area contributed by atoms with E-state index in [0.29, 0.717) is 34.1 Å². The van der Waals surface area contributed by atoms with Crippen LogP contribution in [0.1, 0.15) is 34.1 Å². The number of methoxy groups -OCH3 is 1. The molecule has 0 aliphatic carbocycles. The largest absolute Gasteiger partial charge is 0.497 e. The zero-order valence-electron chi connectivity index (χ0n) is 16.2. The van der Waals surface area contributed by atoms with Gasteiger partial charge in [0.25, 0.3) is 0 Å². The SMILES string of the molecule is CCC(=O)OCCc1cc(C(=O)c2ccc(OC)cc2)sc1-c1ccc(Cl)cc1. The molecule has 29 heavy (non-hydrogen) atoms. The summed E-state index contributed by atoms with van der Waals surface area (Å²) in [6.45, 7) is 2.04. The van der Waals surface area contributed by atoms with E-state index < -0.39 is 0 Å². The lowest BCUT2D eigenvalue weighted by atomic mass is 10.1. The standard InChI is InChI=1S/C23H21ClO4S/c1-3-21(25)28-13-12-17-14-20(22(26)15-6-10-19(27-2)11-7-15)29-23(17)16-4-8-18(24)9-5-16/h4-11,14H,3,12-13H2,1-2H3. The van der Waals surface area contributed by atoms with Crippen LogP contribution >= 0.6 is 22.9 Å². The summed E-state index contributed by atoms with van der Waals surface area (Å²) in [6, 6.07) is 16.4. The number of ketones is 1. The third-order valence-electron chi connectivity index (χ3n) is 4.41. The van der Waals surface area contributed by atoms with Gasteiger partial charge in [-0.1, -0.05) is 30.7 Å². The normalized spacial score (nSPS) is 10.6. The molecule has 0 radical (unpaired) electrons. The van der Waals surface area contributed by atoms with E-state index in [4.69, 9.17) is 21.1 Å². The average Bonchev–Trinajstić information content (AvgIpc) is 3.17. The molecule has 4 nitrogen and oxygen atoms in total. The number of thiophene rings is 1. The van der Waals surface area contributed by atoms with Gasteiger partial charge in [-0.25, -0.2) is 0 Å². The molecule has 0 spiro atoms. The Morgan fingerprint density at radius 3 is 2.34 bits per heavy atom. The van der Waals surface area contributed by atoms with E-state index >= 15 is 0 Å². The van der Waals surface area contributed by atoms with Gasteiger partial charge >= 0.3 is 5.97 Å². The molecule has 0 bridgehead atoms. The Kier molecular flexibility index (Phi) is 7.07. The molecule has 0 fully saturated rings. The van der Waals surface area contributed by atoms with Gasteiger partial charge in [0.15, 0.2) is 0 Å². The molecule has 0 aliphatic heterocycles. The summed E-state index contributed by atoms with van der Waals surface area (Å²) in [5.74, 6) is 0.417. The van der Waals surface area contributed by atoms with Gasteiger partial charge in [0, 0.05) is 28.3 Å². The van der Waals surface area contributed by atoms with Crippen LogP contribution in [0.25, 0.3) is 10.4 Å². The van der Waals surface area contributed by atoms with E-state index in [1.807, 2.05) is 30.3 Å². The topological polar surface area (TPSA) is 52.6 Å². The summed E-state index contributed by atoms with van der Waals surface area (Å²) < 4.78 is 10.4. The number of hydrogen-bond donors (Lipinski definition) is 0. The first kappa shape index (κ1) is 21.1. The molecular weight excluding hydrogens is 408 g/mol. The van der Waals surface area contributed by atoms with Crippen LogP contribution < -0.4 is 4.74 Å². The highest BCUT2D eigenvalue weighted by Crippen LogP contribution is 2.35. The highest BCUT2D eigenvalue weighted by molar-refractivity contribution is 7.17.